The van der Waals surface area contributed by atoms with Crippen molar-refractivity contribution in [2.24, 2.45) is 9.98 Å². The van der Waals surface area contributed by atoms with Gasteiger partial charge < -0.3 is 10.2 Å². The van der Waals surface area contributed by atoms with Crippen LogP contribution in [-0.4, -0.2) is 34.7 Å². The zero-order valence-electron chi connectivity index (χ0n) is 30.9. The minimum Gasteiger partial charge on any atom is -0.507 e. The van der Waals surface area contributed by atoms with E-state index in [-0.39, 0.29) is 12.1 Å². The highest BCUT2D eigenvalue weighted by Gasteiger charge is 2.23. The summed E-state index contributed by atoms with van der Waals surface area (Å²) in [7, 11) is 0. The summed E-state index contributed by atoms with van der Waals surface area (Å²) in [4.78, 5) is 9.83. The van der Waals surface area contributed by atoms with E-state index in [0.29, 0.717) is 11.5 Å². The van der Waals surface area contributed by atoms with Crippen molar-refractivity contribution in [1.82, 2.24) is 0 Å². The van der Waals surface area contributed by atoms with E-state index in [2.05, 4.69) is 26.0 Å². The summed E-state index contributed by atoms with van der Waals surface area (Å²) >= 11 is 0. The molecule has 0 spiro atoms. The summed E-state index contributed by atoms with van der Waals surface area (Å²) in [6.07, 6.45) is 36.8. The van der Waals surface area contributed by atoms with Crippen LogP contribution >= 0.6 is 0 Å². The Morgan fingerprint density at radius 1 is 0.500 bits per heavy atom. The van der Waals surface area contributed by atoms with Gasteiger partial charge in [-0.3, -0.25) is 9.98 Å². The molecular weight excluding hydrogens is 588 g/mol. The van der Waals surface area contributed by atoms with Gasteiger partial charge in [-0.2, -0.15) is 0 Å². The predicted octanol–water partition coefficient (Wildman–Crippen LogP) is 12.9. The van der Waals surface area contributed by atoms with Gasteiger partial charge in [0.15, 0.2) is 0 Å². The molecule has 0 unspecified atom stereocenters. The second-order valence-corrected chi connectivity index (χ2v) is 14.6. The van der Waals surface area contributed by atoms with Gasteiger partial charge in [-0.05, 0) is 73.9 Å². The molecule has 4 nitrogen and oxygen atoms in total. The number of hydrogen-bond acceptors (Lipinski definition) is 4. The average molecular weight is 659 g/mol. The summed E-state index contributed by atoms with van der Waals surface area (Å²) in [5.74, 6) is 0.643. The standard InChI is InChI=1S/C44H70N2O2/c1-3-5-7-9-11-13-15-17-19-21-25-37-29-31-39(43(47)33-37)35-45-41-27-23-24-28-42(41)46-36-40-32-30-38(34-44(40)48)26-22-20-18-16-14-12-10-8-6-4-2/h29-36,41-42,47-48H,3-28H2,1-2H3/t41-,42+. The van der Waals surface area contributed by atoms with Crippen molar-refractivity contribution in [2.45, 2.75) is 193 Å². The Morgan fingerprint density at radius 2 is 0.833 bits per heavy atom. The molecule has 1 fully saturated rings. The number of phenolic OH excluding ortho intramolecular Hbond substituents is 2. The number of aromatic hydroxyl groups is 2. The lowest BCUT2D eigenvalue weighted by molar-refractivity contribution is 0.390. The highest BCUT2D eigenvalue weighted by molar-refractivity contribution is 5.84. The average Bonchev–Trinajstić information content (AvgIpc) is 3.09. The second-order valence-electron chi connectivity index (χ2n) is 14.6. The fourth-order valence-corrected chi connectivity index (χ4v) is 7.13. The molecule has 3 rings (SSSR count). The molecule has 0 heterocycles. The Bertz CT molecular complexity index is 1080. The third kappa shape index (κ3) is 16.7. The number of aliphatic imine (C=N–C) groups is 2. The summed E-state index contributed by atoms with van der Waals surface area (Å²) in [5, 5.41) is 21.5. The van der Waals surface area contributed by atoms with Gasteiger partial charge in [-0.25, -0.2) is 0 Å². The summed E-state index contributed by atoms with van der Waals surface area (Å²) in [6, 6.07) is 12.4. The van der Waals surface area contributed by atoms with Crippen LogP contribution in [-0.2, 0) is 12.8 Å². The molecule has 2 atom stereocenters. The smallest absolute Gasteiger partial charge is 0.124 e. The normalized spacial score (nSPS) is 16.8. The van der Waals surface area contributed by atoms with Crippen molar-refractivity contribution in [1.29, 1.82) is 0 Å². The fraction of sp³-hybridized carbons (Fsp3) is 0.682. The number of nitrogens with zero attached hydrogens (tertiary/aromatic N) is 2. The van der Waals surface area contributed by atoms with Crippen LogP contribution in [0.15, 0.2) is 46.4 Å². The lowest BCUT2D eigenvalue weighted by atomic mass is 9.91. The van der Waals surface area contributed by atoms with E-state index in [1.165, 1.54) is 140 Å². The molecule has 268 valence electrons. The van der Waals surface area contributed by atoms with E-state index < -0.39 is 0 Å². The maximum absolute atomic E-state index is 10.7. The zero-order chi connectivity index (χ0) is 34.1. The second kappa shape index (κ2) is 25.4. The molecule has 1 aliphatic rings. The molecule has 0 aliphatic heterocycles. The fourth-order valence-electron chi connectivity index (χ4n) is 7.13. The molecule has 1 aliphatic carbocycles. The van der Waals surface area contributed by atoms with Crippen LogP contribution in [0.3, 0.4) is 0 Å². The minimum absolute atomic E-state index is 0.0958. The highest BCUT2D eigenvalue weighted by atomic mass is 16.3. The lowest BCUT2D eigenvalue weighted by Crippen LogP contribution is -2.27. The van der Waals surface area contributed by atoms with Gasteiger partial charge in [0.25, 0.3) is 0 Å². The van der Waals surface area contributed by atoms with Crippen LogP contribution in [0.1, 0.15) is 190 Å². The van der Waals surface area contributed by atoms with Gasteiger partial charge in [-0.1, -0.05) is 154 Å². The van der Waals surface area contributed by atoms with E-state index in [0.717, 1.165) is 49.7 Å². The molecule has 0 radical (unpaired) electrons. The largest absolute Gasteiger partial charge is 0.507 e. The molecule has 2 aromatic carbocycles. The molecule has 0 bridgehead atoms. The zero-order valence-corrected chi connectivity index (χ0v) is 30.9. The lowest BCUT2D eigenvalue weighted by Gasteiger charge is -2.25. The monoisotopic (exact) mass is 659 g/mol. The Morgan fingerprint density at radius 3 is 1.17 bits per heavy atom. The molecule has 0 amide bonds. The Balaban J connectivity index is 1.38. The van der Waals surface area contributed by atoms with Crippen LogP contribution in [0.2, 0.25) is 0 Å². The number of hydrogen-bond donors (Lipinski definition) is 2. The molecule has 0 saturated heterocycles. The van der Waals surface area contributed by atoms with Crippen LogP contribution in [0, 0.1) is 0 Å². The number of rotatable bonds is 26. The van der Waals surface area contributed by atoms with Gasteiger partial charge in [0.1, 0.15) is 11.5 Å². The maximum atomic E-state index is 10.7. The number of unbranched alkanes of at least 4 members (excludes halogenated alkanes) is 18. The molecule has 2 aromatic rings. The summed E-state index contributed by atoms with van der Waals surface area (Å²) in [5.41, 5.74) is 3.98. The summed E-state index contributed by atoms with van der Waals surface area (Å²) in [6.45, 7) is 4.55. The number of phenols is 2. The van der Waals surface area contributed by atoms with Crippen LogP contribution < -0.4 is 0 Å². The minimum atomic E-state index is 0.0958. The maximum Gasteiger partial charge on any atom is 0.124 e. The van der Waals surface area contributed by atoms with Crippen molar-refractivity contribution >= 4 is 12.4 Å². The Hall–Kier alpha value is -2.62. The van der Waals surface area contributed by atoms with Crippen molar-refractivity contribution in [3.8, 4) is 11.5 Å². The molecule has 2 N–H and O–H groups in total. The molecule has 0 aromatic heterocycles. The van der Waals surface area contributed by atoms with Gasteiger partial charge in [-0.15, -0.1) is 0 Å². The molecule has 48 heavy (non-hydrogen) atoms. The van der Waals surface area contributed by atoms with Crippen LogP contribution in [0.25, 0.3) is 0 Å². The Kier molecular flexibility index (Phi) is 21.0. The van der Waals surface area contributed by atoms with E-state index in [1.807, 2.05) is 36.7 Å². The first kappa shape index (κ1) is 39.8. The molecular formula is C44H70N2O2. The van der Waals surface area contributed by atoms with Crippen molar-refractivity contribution < 1.29 is 10.2 Å². The number of benzene rings is 2. The third-order valence-corrected chi connectivity index (χ3v) is 10.3. The highest BCUT2D eigenvalue weighted by Crippen LogP contribution is 2.26. The van der Waals surface area contributed by atoms with Gasteiger partial charge >= 0.3 is 0 Å². The van der Waals surface area contributed by atoms with E-state index in [1.54, 1.807) is 0 Å². The molecule has 4 heteroatoms. The first-order valence-corrected chi connectivity index (χ1v) is 20.3. The van der Waals surface area contributed by atoms with E-state index in [9.17, 15) is 10.2 Å². The first-order chi connectivity index (χ1) is 23.6. The van der Waals surface area contributed by atoms with Gasteiger partial charge in [0.2, 0.25) is 0 Å². The Labute approximate surface area is 295 Å². The van der Waals surface area contributed by atoms with Crippen molar-refractivity contribution in [3.63, 3.8) is 0 Å². The van der Waals surface area contributed by atoms with Crippen LogP contribution in [0.5, 0.6) is 11.5 Å². The first-order valence-electron chi connectivity index (χ1n) is 20.3. The van der Waals surface area contributed by atoms with Gasteiger partial charge in [0.05, 0.1) is 12.1 Å². The quantitative estimate of drug-likeness (QED) is 0.0780. The SMILES string of the molecule is CCCCCCCCCCCCc1ccc(C=N[C@H]2CCCC[C@H]2N=Cc2ccc(CCCCCCCCCCCC)cc2O)c(O)c1. The van der Waals surface area contributed by atoms with Crippen molar-refractivity contribution in [3.05, 3.63) is 58.7 Å². The molecule has 1 saturated carbocycles. The van der Waals surface area contributed by atoms with E-state index in [4.69, 9.17) is 9.98 Å². The summed E-state index contributed by atoms with van der Waals surface area (Å²) < 4.78 is 0. The number of aryl methyl sites for hydroxylation is 2. The van der Waals surface area contributed by atoms with Crippen molar-refractivity contribution in [2.75, 3.05) is 0 Å². The topological polar surface area (TPSA) is 65.2 Å². The van der Waals surface area contributed by atoms with Crippen LogP contribution in [0.4, 0.5) is 0 Å². The third-order valence-electron chi connectivity index (χ3n) is 10.3. The van der Waals surface area contributed by atoms with E-state index >= 15 is 0 Å². The predicted molar refractivity (Wildman–Crippen MR) is 209 cm³/mol. The van der Waals surface area contributed by atoms with Gasteiger partial charge in [0, 0.05) is 23.6 Å².